The van der Waals surface area contributed by atoms with Gasteiger partial charge in [-0.15, -0.1) is 10.2 Å². The van der Waals surface area contributed by atoms with Gasteiger partial charge in [0.25, 0.3) is 0 Å². The standard InChI is InChI=1S/C12H10ClN3/c1-14-11-6-8-4-7-5-9(13)2-3-10(7)12(8)16-15-11/h2-3,5-6H,4H2,1H3,(H,14,15). The molecule has 2 aromatic rings. The smallest absolute Gasteiger partial charge is 0.148 e. The van der Waals surface area contributed by atoms with Gasteiger partial charge in [-0.25, -0.2) is 0 Å². The molecular weight excluding hydrogens is 222 g/mol. The van der Waals surface area contributed by atoms with Gasteiger partial charge >= 0.3 is 0 Å². The zero-order valence-electron chi connectivity index (χ0n) is 8.79. The molecule has 1 aromatic heterocycles. The second kappa shape index (κ2) is 3.46. The Kier molecular flexibility index (Phi) is 2.07. The Morgan fingerprint density at radius 1 is 1.19 bits per heavy atom. The van der Waals surface area contributed by atoms with Crippen LogP contribution in [0.2, 0.25) is 5.02 Å². The Morgan fingerprint density at radius 3 is 2.88 bits per heavy atom. The molecule has 1 aliphatic rings. The fraction of sp³-hybridized carbons (Fsp3) is 0.167. The molecule has 80 valence electrons. The minimum absolute atomic E-state index is 0.772. The third kappa shape index (κ3) is 1.36. The van der Waals surface area contributed by atoms with Crippen molar-refractivity contribution < 1.29 is 0 Å². The van der Waals surface area contributed by atoms with Crippen molar-refractivity contribution in [2.45, 2.75) is 6.42 Å². The lowest BCUT2D eigenvalue weighted by atomic mass is 10.1. The van der Waals surface area contributed by atoms with E-state index in [1.54, 1.807) is 0 Å². The molecule has 0 amide bonds. The minimum atomic E-state index is 0.772. The molecule has 1 N–H and O–H groups in total. The first-order chi connectivity index (χ1) is 7.78. The Bertz CT molecular complexity index is 566. The molecular formula is C12H10ClN3. The van der Waals surface area contributed by atoms with Crippen molar-refractivity contribution in [1.29, 1.82) is 0 Å². The van der Waals surface area contributed by atoms with Crippen LogP contribution in [0.15, 0.2) is 24.3 Å². The molecule has 0 spiro atoms. The van der Waals surface area contributed by atoms with E-state index in [0.717, 1.165) is 28.5 Å². The predicted molar refractivity (Wildman–Crippen MR) is 64.8 cm³/mol. The summed E-state index contributed by atoms with van der Waals surface area (Å²) in [6.45, 7) is 0. The maximum atomic E-state index is 5.98. The lowest BCUT2D eigenvalue weighted by Gasteiger charge is -2.01. The summed E-state index contributed by atoms with van der Waals surface area (Å²) >= 11 is 5.98. The summed E-state index contributed by atoms with van der Waals surface area (Å²) in [6.07, 6.45) is 0.884. The molecule has 1 aliphatic carbocycles. The van der Waals surface area contributed by atoms with Crippen LogP contribution < -0.4 is 5.32 Å². The lowest BCUT2D eigenvalue weighted by Crippen LogP contribution is -1.96. The van der Waals surface area contributed by atoms with E-state index in [4.69, 9.17) is 11.6 Å². The average molecular weight is 232 g/mol. The Hall–Kier alpha value is -1.61. The summed E-state index contributed by atoms with van der Waals surface area (Å²) in [5.41, 5.74) is 4.56. The van der Waals surface area contributed by atoms with E-state index >= 15 is 0 Å². The van der Waals surface area contributed by atoms with Gasteiger partial charge in [-0.05, 0) is 29.3 Å². The second-order valence-electron chi connectivity index (χ2n) is 3.83. The van der Waals surface area contributed by atoms with Crippen molar-refractivity contribution in [3.63, 3.8) is 0 Å². The molecule has 16 heavy (non-hydrogen) atoms. The fourth-order valence-electron chi connectivity index (χ4n) is 2.06. The van der Waals surface area contributed by atoms with E-state index in [-0.39, 0.29) is 0 Å². The molecule has 3 nitrogen and oxygen atoms in total. The first kappa shape index (κ1) is 9.60. The number of nitrogens with zero attached hydrogens (tertiary/aromatic N) is 2. The van der Waals surface area contributed by atoms with Crippen molar-refractivity contribution in [2.75, 3.05) is 12.4 Å². The fourth-order valence-corrected chi connectivity index (χ4v) is 2.25. The molecule has 0 aliphatic heterocycles. The van der Waals surface area contributed by atoms with Gasteiger partial charge in [0.05, 0.1) is 5.69 Å². The molecule has 3 rings (SSSR count). The van der Waals surface area contributed by atoms with Crippen LogP contribution in [0.5, 0.6) is 0 Å². The number of hydrogen-bond acceptors (Lipinski definition) is 3. The molecule has 0 saturated heterocycles. The van der Waals surface area contributed by atoms with Crippen molar-refractivity contribution in [1.82, 2.24) is 10.2 Å². The van der Waals surface area contributed by atoms with E-state index < -0.39 is 0 Å². The van der Waals surface area contributed by atoms with Gasteiger partial charge in [0, 0.05) is 24.1 Å². The first-order valence-corrected chi connectivity index (χ1v) is 5.49. The third-order valence-electron chi connectivity index (χ3n) is 2.83. The normalized spacial score (nSPS) is 12.1. The number of rotatable bonds is 1. The van der Waals surface area contributed by atoms with Crippen LogP contribution >= 0.6 is 11.6 Å². The van der Waals surface area contributed by atoms with Gasteiger partial charge in [0.2, 0.25) is 0 Å². The van der Waals surface area contributed by atoms with Gasteiger partial charge in [-0.2, -0.15) is 0 Å². The van der Waals surface area contributed by atoms with Gasteiger partial charge in [0.15, 0.2) is 0 Å². The largest absolute Gasteiger partial charge is 0.372 e. The van der Waals surface area contributed by atoms with Crippen molar-refractivity contribution >= 4 is 17.4 Å². The maximum Gasteiger partial charge on any atom is 0.148 e. The highest BCUT2D eigenvalue weighted by Crippen LogP contribution is 2.36. The van der Waals surface area contributed by atoms with Crippen LogP contribution in [0.4, 0.5) is 5.82 Å². The van der Waals surface area contributed by atoms with Gasteiger partial charge < -0.3 is 5.32 Å². The summed E-state index contributed by atoms with van der Waals surface area (Å²) in [6, 6.07) is 7.94. The summed E-state index contributed by atoms with van der Waals surface area (Å²) in [5, 5.41) is 12.1. The monoisotopic (exact) mass is 231 g/mol. The van der Waals surface area contributed by atoms with E-state index in [1.807, 2.05) is 31.3 Å². The highest BCUT2D eigenvalue weighted by Gasteiger charge is 2.20. The van der Waals surface area contributed by atoms with Crippen molar-refractivity contribution in [3.8, 4) is 11.3 Å². The molecule has 0 fully saturated rings. The molecule has 0 unspecified atom stereocenters. The van der Waals surface area contributed by atoms with E-state index in [9.17, 15) is 0 Å². The van der Waals surface area contributed by atoms with E-state index in [1.165, 1.54) is 11.1 Å². The quantitative estimate of drug-likeness (QED) is 0.700. The maximum absolute atomic E-state index is 5.98. The number of aromatic nitrogens is 2. The second-order valence-corrected chi connectivity index (χ2v) is 4.27. The number of anilines is 1. The van der Waals surface area contributed by atoms with Crippen LogP contribution in [-0.2, 0) is 6.42 Å². The van der Waals surface area contributed by atoms with Crippen LogP contribution in [0.25, 0.3) is 11.3 Å². The zero-order chi connectivity index (χ0) is 11.1. The predicted octanol–water partition coefficient (Wildman–Crippen LogP) is 2.74. The van der Waals surface area contributed by atoms with Crippen LogP contribution in [0.3, 0.4) is 0 Å². The van der Waals surface area contributed by atoms with E-state index in [2.05, 4.69) is 15.5 Å². The molecule has 0 atom stereocenters. The number of fused-ring (bicyclic) bond motifs is 3. The lowest BCUT2D eigenvalue weighted by molar-refractivity contribution is 1.03. The number of halogens is 1. The Balaban J connectivity index is 2.16. The van der Waals surface area contributed by atoms with Crippen LogP contribution in [-0.4, -0.2) is 17.2 Å². The molecule has 0 saturated carbocycles. The number of nitrogens with one attached hydrogen (secondary N) is 1. The van der Waals surface area contributed by atoms with Gasteiger partial charge in [0.1, 0.15) is 5.82 Å². The molecule has 0 radical (unpaired) electrons. The Morgan fingerprint density at radius 2 is 2.06 bits per heavy atom. The number of benzene rings is 1. The summed E-state index contributed by atoms with van der Waals surface area (Å²) in [7, 11) is 1.84. The zero-order valence-corrected chi connectivity index (χ0v) is 9.54. The summed E-state index contributed by atoms with van der Waals surface area (Å²) in [4.78, 5) is 0. The SMILES string of the molecule is CNc1cc2c(nn1)-c1ccc(Cl)cc1C2. The molecule has 1 heterocycles. The van der Waals surface area contributed by atoms with Gasteiger partial charge in [-0.1, -0.05) is 17.7 Å². The van der Waals surface area contributed by atoms with Crippen LogP contribution in [0.1, 0.15) is 11.1 Å². The van der Waals surface area contributed by atoms with Crippen molar-refractivity contribution in [3.05, 3.63) is 40.4 Å². The molecule has 0 bridgehead atoms. The van der Waals surface area contributed by atoms with Crippen LogP contribution in [0, 0.1) is 0 Å². The van der Waals surface area contributed by atoms with Crippen molar-refractivity contribution in [2.24, 2.45) is 0 Å². The third-order valence-corrected chi connectivity index (χ3v) is 3.07. The minimum Gasteiger partial charge on any atom is -0.372 e. The highest BCUT2D eigenvalue weighted by molar-refractivity contribution is 6.30. The molecule has 4 heteroatoms. The Labute approximate surface area is 98.5 Å². The average Bonchev–Trinajstić information content (AvgIpc) is 2.64. The summed E-state index contributed by atoms with van der Waals surface area (Å²) < 4.78 is 0. The molecule has 1 aromatic carbocycles. The highest BCUT2D eigenvalue weighted by atomic mass is 35.5. The number of hydrogen-bond donors (Lipinski definition) is 1. The van der Waals surface area contributed by atoms with E-state index in [0.29, 0.717) is 0 Å². The van der Waals surface area contributed by atoms with Gasteiger partial charge in [-0.3, -0.25) is 0 Å². The summed E-state index contributed by atoms with van der Waals surface area (Å²) in [5.74, 6) is 0.803. The topological polar surface area (TPSA) is 37.8 Å². The first-order valence-electron chi connectivity index (χ1n) is 5.11.